The highest BCUT2D eigenvalue weighted by Gasteiger charge is 2.32. The highest BCUT2D eigenvalue weighted by atomic mass is 16.5. The molecule has 3 nitrogen and oxygen atoms in total. The van der Waals surface area contributed by atoms with Crippen LogP contribution in [0.5, 0.6) is 5.75 Å². The smallest absolute Gasteiger partial charge is 0.227 e. The summed E-state index contributed by atoms with van der Waals surface area (Å²) in [5, 5.41) is 3.02. The average molecular weight is 289 g/mol. The van der Waals surface area contributed by atoms with Gasteiger partial charge in [-0.05, 0) is 61.3 Å². The van der Waals surface area contributed by atoms with Gasteiger partial charge in [-0.25, -0.2) is 0 Å². The first-order valence-corrected chi connectivity index (χ1v) is 7.85. The Hall–Kier alpha value is -1.51. The summed E-state index contributed by atoms with van der Waals surface area (Å²) in [6.45, 7) is 6.90. The largest absolute Gasteiger partial charge is 0.497 e. The number of carbonyl (C=O) groups excluding carboxylic acids is 1. The number of nitrogens with one attached hydrogen (secondary N) is 1. The van der Waals surface area contributed by atoms with Crippen molar-refractivity contribution in [3.8, 4) is 5.75 Å². The van der Waals surface area contributed by atoms with Crippen molar-refractivity contribution in [2.75, 3.05) is 12.4 Å². The van der Waals surface area contributed by atoms with Gasteiger partial charge in [-0.2, -0.15) is 0 Å². The number of hydrogen-bond donors (Lipinski definition) is 1. The summed E-state index contributed by atoms with van der Waals surface area (Å²) in [4.78, 5) is 12.3. The van der Waals surface area contributed by atoms with Crippen LogP contribution in [-0.2, 0) is 4.79 Å². The van der Waals surface area contributed by atoms with E-state index in [0.29, 0.717) is 5.41 Å². The molecule has 0 aliphatic heterocycles. The summed E-state index contributed by atoms with van der Waals surface area (Å²) in [7, 11) is 1.64. The zero-order valence-corrected chi connectivity index (χ0v) is 13.6. The molecule has 0 bridgehead atoms. The summed E-state index contributed by atoms with van der Waals surface area (Å²) in [5.74, 6) is 1.86. The first kappa shape index (κ1) is 15.9. The molecule has 1 fully saturated rings. The van der Waals surface area contributed by atoms with Crippen LogP contribution in [0.4, 0.5) is 5.69 Å². The van der Waals surface area contributed by atoms with Crippen molar-refractivity contribution in [3.05, 3.63) is 24.3 Å². The molecule has 116 valence electrons. The van der Waals surface area contributed by atoms with Gasteiger partial charge in [-0.15, -0.1) is 0 Å². The Bertz CT molecular complexity index is 465. The second-order valence-electron chi connectivity index (χ2n) is 7.13. The van der Waals surface area contributed by atoms with E-state index in [1.165, 1.54) is 0 Å². The molecule has 0 spiro atoms. The average Bonchev–Trinajstić information content (AvgIpc) is 2.47. The molecule has 1 aliphatic rings. The highest BCUT2D eigenvalue weighted by molar-refractivity contribution is 5.92. The van der Waals surface area contributed by atoms with E-state index in [2.05, 4.69) is 26.1 Å². The van der Waals surface area contributed by atoms with Crippen LogP contribution in [0.15, 0.2) is 24.3 Å². The molecule has 0 aromatic heterocycles. The molecule has 0 unspecified atom stereocenters. The third-order valence-electron chi connectivity index (χ3n) is 4.68. The number of ether oxygens (including phenoxy) is 1. The molecule has 1 aromatic carbocycles. The number of benzene rings is 1. The van der Waals surface area contributed by atoms with Crippen molar-refractivity contribution in [1.82, 2.24) is 0 Å². The fraction of sp³-hybridized carbons (Fsp3) is 0.611. The van der Waals surface area contributed by atoms with Crippen molar-refractivity contribution in [1.29, 1.82) is 0 Å². The molecule has 0 saturated heterocycles. The Morgan fingerprint density at radius 1 is 1.10 bits per heavy atom. The normalized spacial score (nSPS) is 22.7. The van der Waals surface area contributed by atoms with Gasteiger partial charge in [0.25, 0.3) is 0 Å². The molecule has 3 heteroatoms. The molecule has 0 heterocycles. The predicted octanol–water partition coefficient (Wildman–Crippen LogP) is 4.49. The van der Waals surface area contributed by atoms with Gasteiger partial charge in [0.05, 0.1) is 7.11 Å². The van der Waals surface area contributed by atoms with Crippen molar-refractivity contribution < 1.29 is 9.53 Å². The number of rotatable bonds is 3. The Labute approximate surface area is 128 Å². The van der Waals surface area contributed by atoms with Crippen LogP contribution in [0.2, 0.25) is 0 Å². The molecule has 1 amide bonds. The predicted molar refractivity (Wildman–Crippen MR) is 86.5 cm³/mol. The van der Waals surface area contributed by atoms with Crippen LogP contribution in [0.25, 0.3) is 0 Å². The number of amides is 1. The van der Waals surface area contributed by atoms with Gasteiger partial charge in [-0.3, -0.25) is 4.79 Å². The van der Waals surface area contributed by atoms with Crippen molar-refractivity contribution in [2.24, 2.45) is 17.3 Å². The quantitative estimate of drug-likeness (QED) is 0.890. The van der Waals surface area contributed by atoms with Crippen LogP contribution in [-0.4, -0.2) is 13.0 Å². The van der Waals surface area contributed by atoms with Crippen LogP contribution in [0, 0.1) is 17.3 Å². The third kappa shape index (κ3) is 4.23. The molecule has 2 rings (SSSR count). The second kappa shape index (κ2) is 6.50. The Morgan fingerprint density at radius 2 is 1.67 bits per heavy atom. The minimum atomic E-state index is 0.158. The number of anilines is 1. The molecule has 0 atom stereocenters. The standard InChI is InChI=1S/C18H27NO2/c1-18(2,3)14-7-5-13(6-8-14)17(20)19-15-9-11-16(21-4)12-10-15/h9-14H,5-8H2,1-4H3,(H,19,20). The Kier molecular flexibility index (Phi) is 4.92. The minimum Gasteiger partial charge on any atom is -0.497 e. The maximum absolute atomic E-state index is 12.3. The van der Waals surface area contributed by atoms with E-state index >= 15 is 0 Å². The van der Waals surface area contributed by atoms with Crippen LogP contribution in [0.1, 0.15) is 46.5 Å². The first-order chi connectivity index (χ1) is 9.90. The van der Waals surface area contributed by atoms with Gasteiger partial charge in [0.2, 0.25) is 5.91 Å². The van der Waals surface area contributed by atoms with Crippen molar-refractivity contribution in [3.63, 3.8) is 0 Å². The van der Waals surface area contributed by atoms with Gasteiger partial charge >= 0.3 is 0 Å². The molecule has 1 aromatic rings. The van der Waals surface area contributed by atoms with E-state index in [9.17, 15) is 4.79 Å². The molecule has 1 N–H and O–H groups in total. The summed E-state index contributed by atoms with van der Waals surface area (Å²) in [6.07, 6.45) is 4.32. The molecular weight excluding hydrogens is 262 g/mol. The van der Waals surface area contributed by atoms with Crippen LogP contribution >= 0.6 is 0 Å². The lowest BCUT2D eigenvalue weighted by Gasteiger charge is -2.36. The lowest BCUT2D eigenvalue weighted by atomic mass is 9.69. The zero-order valence-electron chi connectivity index (χ0n) is 13.6. The lowest BCUT2D eigenvalue weighted by molar-refractivity contribution is -0.121. The molecule has 1 saturated carbocycles. The molecular formula is C18H27NO2. The van der Waals surface area contributed by atoms with E-state index < -0.39 is 0 Å². The fourth-order valence-corrected chi connectivity index (χ4v) is 3.14. The summed E-state index contributed by atoms with van der Waals surface area (Å²) < 4.78 is 5.12. The molecule has 21 heavy (non-hydrogen) atoms. The summed E-state index contributed by atoms with van der Waals surface area (Å²) >= 11 is 0. The van der Waals surface area contributed by atoms with Crippen molar-refractivity contribution in [2.45, 2.75) is 46.5 Å². The maximum Gasteiger partial charge on any atom is 0.227 e. The first-order valence-electron chi connectivity index (χ1n) is 7.85. The topological polar surface area (TPSA) is 38.3 Å². The lowest BCUT2D eigenvalue weighted by Crippen LogP contribution is -2.31. The van der Waals surface area contributed by atoms with E-state index in [1.807, 2.05) is 24.3 Å². The van der Waals surface area contributed by atoms with Crippen molar-refractivity contribution >= 4 is 11.6 Å². The number of hydrogen-bond acceptors (Lipinski definition) is 2. The summed E-state index contributed by atoms with van der Waals surface area (Å²) in [5.41, 5.74) is 1.20. The minimum absolute atomic E-state index is 0.158. The maximum atomic E-state index is 12.3. The SMILES string of the molecule is COc1ccc(NC(=O)C2CCC(C(C)(C)C)CC2)cc1. The molecule has 1 aliphatic carbocycles. The number of methoxy groups -OCH3 is 1. The number of carbonyl (C=O) groups is 1. The second-order valence-corrected chi connectivity index (χ2v) is 7.13. The van der Waals surface area contributed by atoms with E-state index in [-0.39, 0.29) is 11.8 Å². The van der Waals surface area contributed by atoms with Gasteiger partial charge in [0, 0.05) is 11.6 Å². The summed E-state index contributed by atoms with van der Waals surface area (Å²) in [6, 6.07) is 7.51. The Morgan fingerprint density at radius 3 is 2.14 bits per heavy atom. The van der Waals surface area contributed by atoms with Crippen LogP contribution in [0.3, 0.4) is 0 Å². The fourth-order valence-electron chi connectivity index (χ4n) is 3.14. The zero-order chi connectivity index (χ0) is 15.5. The Balaban J connectivity index is 1.87. The third-order valence-corrected chi connectivity index (χ3v) is 4.68. The van der Waals surface area contributed by atoms with E-state index in [0.717, 1.165) is 43.0 Å². The van der Waals surface area contributed by atoms with E-state index in [1.54, 1.807) is 7.11 Å². The van der Waals surface area contributed by atoms with E-state index in [4.69, 9.17) is 4.74 Å². The van der Waals surface area contributed by atoms with Crippen LogP contribution < -0.4 is 10.1 Å². The van der Waals surface area contributed by atoms with Gasteiger partial charge in [0.15, 0.2) is 0 Å². The van der Waals surface area contributed by atoms with Gasteiger partial charge in [0.1, 0.15) is 5.75 Å². The van der Waals surface area contributed by atoms with Gasteiger partial charge in [-0.1, -0.05) is 20.8 Å². The molecule has 0 radical (unpaired) electrons. The highest BCUT2D eigenvalue weighted by Crippen LogP contribution is 2.40. The monoisotopic (exact) mass is 289 g/mol. The van der Waals surface area contributed by atoms with Gasteiger partial charge < -0.3 is 10.1 Å².